The number of likely N-dealkylation sites (tertiary alicyclic amines) is 1. The number of piperidine rings is 1. The molecule has 2 N–H and O–H groups in total. The Morgan fingerprint density at radius 2 is 1.90 bits per heavy atom. The summed E-state index contributed by atoms with van der Waals surface area (Å²) in [4.78, 5) is 22.9. The zero-order valence-electron chi connectivity index (χ0n) is 22.1. The summed E-state index contributed by atoms with van der Waals surface area (Å²) in [7, 11) is 0. The number of ether oxygens (including phenoxy) is 2. The third-order valence-electron chi connectivity index (χ3n) is 7.44. The minimum absolute atomic E-state index is 0.0133. The summed E-state index contributed by atoms with van der Waals surface area (Å²) in [6.07, 6.45) is 1.51. The Bertz CT molecular complexity index is 1410. The van der Waals surface area contributed by atoms with Crippen LogP contribution < -0.4 is 14.8 Å². The lowest BCUT2D eigenvalue weighted by Gasteiger charge is -2.33. The lowest BCUT2D eigenvalue weighted by Crippen LogP contribution is -2.36. The SMILES string of the molecule is CC(=O)N1CCC(c2cc3c(N[C@H](C)c4cccc(C(F)(F)CO)c4F)nc(C)nc3c3c2OCCO3)CC1. The summed E-state index contributed by atoms with van der Waals surface area (Å²) in [5.41, 5.74) is 0.621. The molecule has 3 aromatic rings. The quantitative estimate of drug-likeness (QED) is 0.459. The summed E-state index contributed by atoms with van der Waals surface area (Å²) in [6.45, 7) is 5.47. The molecule has 11 heteroatoms. The van der Waals surface area contributed by atoms with Gasteiger partial charge in [0, 0.05) is 36.5 Å². The van der Waals surface area contributed by atoms with Crippen molar-refractivity contribution in [2.24, 2.45) is 0 Å². The van der Waals surface area contributed by atoms with Crippen molar-refractivity contribution in [3.63, 3.8) is 0 Å². The normalized spacial score (nSPS) is 16.8. The van der Waals surface area contributed by atoms with E-state index in [-0.39, 0.29) is 17.4 Å². The van der Waals surface area contributed by atoms with Gasteiger partial charge >= 0.3 is 0 Å². The molecule has 3 heterocycles. The number of aryl methyl sites for hydroxylation is 1. The number of carbonyl (C=O) groups excluding carboxylic acids is 1. The Hall–Kier alpha value is -3.60. The topological polar surface area (TPSA) is 96.8 Å². The predicted octanol–water partition coefficient (Wildman–Crippen LogP) is 4.83. The fraction of sp³-hybridized carbons (Fsp3) is 0.464. The first-order valence-corrected chi connectivity index (χ1v) is 13.0. The number of aromatic nitrogens is 2. The summed E-state index contributed by atoms with van der Waals surface area (Å²) < 4.78 is 55.6. The van der Waals surface area contributed by atoms with Crippen molar-refractivity contribution >= 4 is 22.6 Å². The smallest absolute Gasteiger partial charge is 0.298 e. The van der Waals surface area contributed by atoms with E-state index in [1.54, 1.807) is 20.8 Å². The number of halogens is 3. The molecule has 2 aliphatic rings. The van der Waals surface area contributed by atoms with Gasteiger partial charge in [-0.1, -0.05) is 12.1 Å². The molecule has 39 heavy (non-hydrogen) atoms. The molecule has 0 spiro atoms. The maximum atomic E-state index is 15.2. The van der Waals surface area contributed by atoms with Crippen LogP contribution in [0.25, 0.3) is 10.9 Å². The van der Waals surface area contributed by atoms with E-state index in [1.807, 2.05) is 11.0 Å². The van der Waals surface area contributed by atoms with Crippen LogP contribution in [0.4, 0.5) is 19.0 Å². The van der Waals surface area contributed by atoms with Crippen molar-refractivity contribution in [2.75, 3.05) is 38.2 Å². The number of hydrogen-bond donors (Lipinski definition) is 2. The van der Waals surface area contributed by atoms with Crippen molar-refractivity contribution in [1.82, 2.24) is 14.9 Å². The van der Waals surface area contributed by atoms with Crippen molar-refractivity contribution < 1.29 is 32.5 Å². The van der Waals surface area contributed by atoms with Crippen LogP contribution in [0, 0.1) is 12.7 Å². The van der Waals surface area contributed by atoms with Crippen LogP contribution >= 0.6 is 0 Å². The molecular weight excluding hydrogens is 513 g/mol. The first kappa shape index (κ1) is 27.0. The maximum Gasteiger partial charge on any atom is 0.298 e. The molecule has 2 aliphatic heterocycles. The summed E-state index contributed by atoms with van der Waals surface area (Å²) in [5, 5.41) is 12.9. The second-order valence-corrected chi connectivity index (χ2v) is 10.1. The Morgan fingerprint density at radius 1 is 1.21 bits per heavy atom. The highest BCUT2D eigenvalue weighted by Crippen LogP contribution is 2.47. The molecule has 1 saturated heterocycles. The van der Waals surface area contributed by atoms with Gasteiger partial charge in [-0.15, -0.1) is 0 Å². The maximum absolute atomic E-state index is 15.2. The molecule has 0 aliphatic carbocycles. The first-order chi connectivity index (χ1) is 18.6. The van der Waals surface area contributed by atoms with E-state index >= 15 is 4.39 Å². The van der Waals surface area contributed by atoms with E-state index < -0.39 is 30.0 Å². The number of benzene rings is 2. The Morgan fingerprint density at radius 3 is 2.56 bits per heavy atom. The van der Waals surface area contributed by atoms with Gasteiger partial charge in [-0.2, -0.15) is 8.78 Å². The lowest BCUT2D eigenvalue weighted by atomic mass is 9.87. The standard InChI is InChI=1S/C28H31F3N4O4/c1-15(19-5-4-6-22(23(19)29)28(30,31)14-36)32-27-21-13-20(18-7-9-35(10-8-18)17(3)37)25-26(39-12-11-38-25)24(21)33-16(2)34-27/h4-6,13,15,18,36H,7-12,14H2,1-3H3,(H,32,33,34)/t15-/m1/s1. The van der Waals surface area contributed by atoms with Gasteiger partial charge in [0.05, 0.1) is 11.6 Å². The second-order valence-electron chi connectivity index (χ2n) is 10.1. The molecule has 8 nitrogen and oxygen atoms in total. The first-order valence-electron chi connectivity index (χ1n) is 13.0. The van der Waals surface area contributed by atoms with Gasteiger partial charge in [0.15, 0.2) is 11.5 Å². The van der Waals surface area contributed by atoms with Crippen molar-refractivity contribution in [2.45, 2.75) is 51.5 Å². The fourth-order valence-electron chi connectivity index (χ4n) is 5.37. The molecule has 1 atom stereocenters. The highest BCUT2D eigenvalue weighted by Gasteiger charge is 2.35. The predicted molar refractivity (Wildman–Crippen MR) is 139 cm³/mol. The van der Waals surface area contributed by atoms with E-state index in [0.29, 0.717) is 60.3 Å². The largest absolute Gasteiger partial charge is 0.486 e. The number of anilines is 1. The monoisotopic (exact) mass is 544 g/mol. The molecule has 1 aromatic heterocycles. The third-order valence-corrected chi connectivity index (χ3v) is 7.44. The molecule has 1 amide bonds. The van der Waals surface area contributed by atoms with Crippen LogP contribution in [0.2, 0.25) is 0 Å². The molecule has 0 saturated carbocycles. The molecular formula is C28H31F3N4O4. The van der Waals surface area contributed by atoms with Crippen molar-refractivity contribution in [3.05, 3.63) is 52.6 Å². The Balaban J connectivity index is 1.56. The number of aliphatic hydroxyl groups is 1. The van der Waals surface area contributed by atoms with Gasteiger partial charge in [-0.3, -0.25) is 4.79 Å². The van der Waals surface area contributed by atoms with E-state index in [9.17, 15) is 13.6 Å². The average Bonchev–Trinajstić information content (AvgIpc) is 2.92. The number of amides is 1. The van der Waals surface area contributed by atoms with E-state index in [2.05, 4.69) is 15.3 Å². The van der Waals surface area contributed by atoms with Gasteiger partial charge in [-0.25, -0.2) is 14.4 Å². The number of nitrogens with one attached hydrogen (secondary N) is 1. The minimum atomic E-state index is -3.71. The zero-order chi connectivity index (χ0) is 27.9. The van der Waals surface area contributed by atoms with Crippen LogP contribution in [0.15, 0.2) is 24.3 Å². The molecule has 2 aromatic carbocycles. The number of carbonyl (C=O) groups is 1. The van der Waals surface area contributed by atoms with Crippen LogP contribution in [0.5, 0.6) is 11.5 Å². The van der Waals surface area contributed by atoms with Crippen LogP contribution in [0.3, 0.4) is 0 Å². The van der Waals surface area contributed by atoms with Gasteiger partial charge in [0.25, 0.3) is 5.92 Å². The fourth-order valence-corrected chi connectivity index (χ4v) is 5.37. The van der Waals surface area contributed by atoms with E-state index in [4.69, 9.17) is 14.6 Å². The Kier molecular flexibility index (Phi) is 7.28. The third kappa shape index (κ3) is 5.07. The number of alkyl halides is 2. The number of rotatable bonds is 6. The summed E-state index contributed by atoms with van der Waals surface area (Å²) >= 11 is 0. The second kappa shape index (κ2) is 10.5. The summed E-state index contributed by atoms with van der Waals surface area (Å²) in [6, 6.07) is 4.95. The molecule has 0 bridgehead atoms. The highest BCUT2D eigenvalue weighted by molar-refractivity contribution is 5.96. The van der Waals surface area contributed by atoms with Crippen LogP contribution in [-0.2, 0) is 10.7 Å². The van der Waals surface area contributed by atoms with Gasteiger partial charge < -0.3 is 24.8 Å². The van der Waals surface area contributed by atoms with Gasteiger partial charge in [-0.05, 0) is 44.7 Å². The molecule has 5 rings (SSSR count). The minimum Gasteiger partial charge on any atom is -0.486 e. The van der Waals surface area contributed by atoms with Gasteiger partial charge in [0.2, 0.25) is 5.91 Å². The number of aliphatic hydroxyl groups excluding tert-OH is 1. The van der Waals surface area contributed by atoms with E-state index in [0.717, 1.165) is 24.5 Å². The number of hydrogen-bond acceptors (Lipinski definition) is 7. The lowest BCUT2D eigenvalue weighted by molar-refractivity contribution is -0.129. The number of fused-ring (bicyclic) bond motifs is 3. The molecule has 1 fully saturated rings. The Labute approximate surface area is 224 Å². The molecule has 0 radical (unpaired) electrons. The molecule has 0 unspecified atom stereocenters. The highest BCUT2D eigenvalue weighted by atomic mass is 19.3. The molecule has 208 valence electrons. The zero-order valence-corrected chi connectivity index (χ0v) is 22.1. The average molecular weight is 545 g/mol. The van der Waals surface area contributed by atoms with Crippen molar-refractivity contribution in [1.29, 1.82) is 0 Å². The van der Waals surface area contributed by atoms with Crippen LogP contribution in [-0.4, -0.2) is 58.8 Å². The number of nitrogens with zero attached hydrogens (tertiary/aromatic N) is 3. The van der Waals surface area contributed by atoms with Crippen molar-refractivity contribution in [3.8, 4) is 11.5 Å². The van der Waals surface area contributed by atoms with Gasteiger partial charge in [0.1, 0.15) is 42.8 Å². The summed E-state index contributed by atoms with van der Waals surface area (Å²) in [5.74, 6) is -2.63. The van der Waals surface area contributed by atoms with E-state index in [1.165, 1.54) is 12.1 Å². The van der Waals surface area contributed by atoms with Crippen LogP contribution in [0.1, 0.15) is 61.2 Å².